The van der Waals surface area contributed by atoms with Crippen molar-refractivity contribution in [2.75, 3.05) is 26.4 Å². The SMILES string of the molecule is Cc1ccc(CCC2OCCCO2)c(CCCOC2CCCCO2)c1. The number of hydrogen-bond acceptors (Lipinski definition) is 4. The predicted molar refractivity (Wildman–Crippen MR) is 97.7 cm³/mol. The van der Waals surface area contributed by atoms with Crippen molar-refractivity contribution in [1.29, 1.82) is 0 Å². The van der Waals surface area contributed by atoms with E-state index in [1.807, 2.05) is 0 Å². The molecule has 2 fully saturated rings. The summed E-state index contributed by atoms with van der Waals surface area (Å²) in [5, 5.41) is 0. The van der Waals surface area contributed by atoms with Crippen LogP contribution in [-0.2, 0) is 31.8 Å². The Balaban J connectivity index is 1.44. The molecule has 0 aliphatic carbocycles. The highest BCUT2D eigenvalue weighted by molar-refractivity contribution is 5.31. The van der Waals surface area contributed by atoms with E-state index in [-0.39, 0.29) is 12.6 Å². The van der Waals surface area contributed by atoms with E-state index in [9.17, 15) is 0 Å². The number of aryl methyl sites for hydroxylation is 3. The minimum Gasteiger partial charge on any atom is -0.353 e. The maximum atomic E-state index is 5.87. The van der Waals surface area contributed by atoms with Gasteiger partial charge >= 0.3 is 0 Å². The lowest BCUT2D eigenvalue weighted by Crippen LogP contribution is -2.25. The number of benzene rings is 1. The monoisotopic (exact) mass is 348 g/mol. The summed E-state index contributed by atoms with van der Waals surface area (Å²) < 4.78 is 22.8. The molecule has 25 heavy (non-hydrogen) atoms. The van der Waals surface area contributed by atoms with Gasteiger partial charge < -0.3 is 18.9 Å². The molecule has 4 heteroatoms. The van der Waals surface area contributed by atoms with E-state index < -0.39 is 0 Å². The molecular weight excluding hydrogens is 316 g/mol. The van der Waals surface area contributed by atoms with Gasteiger partial charge in [-0.2, -0.15) is 0 Å². The highest BCUT2D eigenvalue weighted by Gasteiger charge is 2.16. The van der Waals surface area contributed by atoms with Crippen LogP contribution in [0.2, 0.25) is 0 Å². The van der Waals surface area contributed by atoms with Gasteiger partial charge in [0.1, 0.15) is 0 Å². The minimum atomic E-state index is -0.0327. The van der Waals surface area contributed by atoms with Crippen LogP contribution in [0.15, 0.2) is 18.2 Å². The second kappa shape index (κ2) is 10.3. The molecule has 2 aliphatic heterocycles. The standard InChI is InChI=1S/C21H32O4/c1-17-8-9-18(10-11-21-24-14-5-15-25-21)19(16-17)6-4-13-23-20-7-2-3-12-22-20/h8-9,16,20-21H,2-7,10-15H2,1H3. The van der Waals surface area contributed by atoms with Gasteiger partial charge in [-0.15, -0.1) is 0 Å². The van der Waals surface area contributed by atoms with Gasteiger partial charge in [0.2, 0.25) is 0 Å². The molecule has 1 aromatic carbocycles. The summed E-state index contributed by atoms with van der Waals surface area (Å²) in [5.74, 6) is 0. The van der Waals surface area contributed by atoms with Crippen LogP contribution < -0.4 is 0 Å². The van der Waals surface area contributed by atoms with Crippen LogP contribution in [0.4, 0.5) is 0 Å². The molecule has 0 N–H and O–H groups in total. The Bertz CT molecular complexity index is 505. The van der Waals surface area contributed by atoms with Gasteiger partial charge in [-0.05, 0) is 63.0 Å². The molecule has 2 heterocycles. The van der Waals surface area contributed by atoms with Gasteiger partial charge in [0, 0.05) is 13.0 Å². The molecular formula is C21H32O4. The normalized spacial score (nSPS) is 22.2. The van der Waals surface area contributed by atoms with Crippen molar-refractivity contribution in [1.82, 2.24) is 0 Å². The Hall–Kier alpha value is -0.940. The number of hydrogen-bond donors (Lipinski definition) is 0. The van der Waals surface area contributed by atoms with E-state index in [0.717, 1.165) is 65.0 Å². The first-order valence-corrected chi connectivity index (χ1v) is 9.86. The molecule has 140 valence electrons. The Morgan fingerprint density at radius 3 is 2.60 bits per heavy atom. The maximum absolute atomic E-state index is 5.87. The first kappa shape index (κ1) is 18.8. The van der Waals surface area contributed by atoms with Crippen LogP contribution in [0.3, 0.4) is 0 Å². The first-order chi connectivity index (χ1) is 12.3. The topological polar surface area (TPSA) is 36.9 Å². The lowest BCUT2D eigenvalue weighted by molar-refractivity contribution is -0.180. The molecule has 0 bridgehead atoms. The summed E-state index contributed by atoms with van der Waals surface area (Å²) in [4.78, 5) is 0. The highest BCUT2D eigenvalue weighted by Crippen LogP contribution is 2.19. The molecule has 0 spiro atoms. The molecule has 1 aromatic rings. The van der Waals surface area contributed by atoms with Crippen LogP contribution in [-0.4, -0.2) is 39.0 Å². The van der Waals surface area contributed by atoms with E-state index in [0.29, 0.717) is 0 Å². The summed E-state index contributed by atoms with van der Waals surface area (Å²) in [6.07, 6.45) is 8.45. The molecule has 0 amide bonds. The van der Waals surface area contributed by atoms with Gasteiger partial charge in [0.05, 0.1) is 19.8 Å². The van der Waals surface area contributed by atoms with Crippen LogP contribution >= 0.6 is 0 Å². The Kier molecular flexibility index (Phi) is 7.74. The van der Waals surface area contributed by atoms with Gasteiger partial charge in [0.25, 0.3) is 0 Å². The van der Waals surface area contributed by atoms with Gasteiger partial charge in [-0.1, -0.05) is 23.8 Å². The Morgan fingerprint density at radius 2 is 1.80 bits per heavy atom. The van der Waals surface area contributed by atoms with Crippen molar-refractivity contribution in [2.24, 2.45) is 0 Å². The van der Waals surface area contributed by atoms with Gasteiger partial charge in [-0.3, -0.25) is 0 Å². The molecule has 0 aromatic heterocycles. The lowest BCUT2D eigenvalue weighted by Gasteiger charge is -2.24. The van der Waals surface area contributed by atoms with E-state index in [4.69, 9.17) is 18.9 Å². The smallest absolute Gasteiger partial charge is 0.157 e. The quantitative estimate of drug-likeness (QED) is 0.661. The van der Waals surface area contributed by atoms with Crippen molar-refractivity contribution < 1.29 is 18.9 Å². The van der Waals surface area contributed by atoms with Crippen molar-refractivity contribution in [3.05, 3.63) is 34.9 Å². The van der Waals surface area contributed by atoms with E-state index in [1.54, 1.807) is 0 Å². The third-order valence-corrected chi connectivity index (χ3v) is 4.94. The predicted octanol–water partition coefficient (Wildman–Crippen LogP) is 4.17. The van der Waals surface area contributed by atoms with Crippen molar-refractivity contribution >= 4 is 0 Å². The molecule has 3 rings (SSSR count). The summed E-state index contributed by atoms with van der Waals surface area (Å²) >= 11 is 0. The van der Waals surface area contributed by atoms with Gasteiger partial charge in [-0.25, -0.2) is 0 Å². The largest absolute Gasteiger partial charge is 0.353 e. The average molecular weight is 348 g/mol. The molecule has 0 radical (unpaired) electrons. The average Bonchev–Trinajstić information content (AvgIpc) is 2.66. The van der Waals surface area contributed by atoms with Crippen LogP contribution in [0, 0.1) is 6.92 Å². The number of ether oxygens (including phenoxy) is 4. The second-order valence-electron chi connectivity index (χ2n) is 7.11. The fourth-order valence-electron chi connectivity index (χ4n) is 3.53. The second-order valence-corrected chi connectivity index (χ2v) is 7.11. The zero-order chi connectivity index (χ0) is 17.3. The van der Waals surface area contributed by atoms with E-state index in [1.165, 1.54) is 29.5 Å². The Morgan fingerprint density at radius 1 is 0.960 bits per heavy atom. The summed E-state index contributed by atoms with van der Waals surface area (Å²) in [5.41, 5.74) is 4.17. The number of rotatable bonds is 8. The maximum Gasteiger partial charge on any atom is 0.157 e. The highest BCUT2D eigenvalue weighted by atomic mass is 16.7. The Labute approximate surface area is 151 Å². The molecule has 1 unspecified atom stereocenters. The molecule has 2 aliphatic rings. The van der Waals surface area contributed by atoms with Crippen molar-refractivity contribution in [3.8, 4) is 0 Å². The first-order valence-electron chi connectivity index (χ1n) is 9.86. The van der Waals surface area contributed by atoms with Gasteiger partial charge in [0.15, 0.2) is 12.6 Å². The zero-order valence-electron chi connectivity index (χ0n) is 15.5. The summed E-state index contributed by atoms with van der Waals surface area (Å²) in [7, 11) is 0. The van der Waals surface area contributed by atoms with Crippen molar-refractivity contribution in [3.63, 3.8) is 0 Å². The van der Waals surface area contributed by atoms with Crippen LogP contribution in [0.1, 0.15) is 55.2 Å². The van der Waals surface area contributed by atoms with Crippen molar-refractivity contribution in [2.45, 2.75) is 70.9 Å². The lowest BCUT2D eigenvalue weighted by atomic mass is 9.97. The summed E-state index contributed by atoms with van der Waals surface area (Å²) in [6, 6.07) is 6.78. The fourth-order valence-corrected chi connectivity index (χ4v) is 3.53. The molecule has 4 nitrogen and oxygen atoms in total. The molecule has 1 atom stereocenters. The minimum absolute atomic E-state index is 0.0197. The van der Waals surface area contributed by atoms with E-state index in [2.05, 4.69) is 25.1 Å². The van der Waals surface area contributed by atoms with Crippen LogP contribution in [0.5, 0.6) is 0 Å². The third kappa shape index (κ3) is 6.37. The van der Waals surface area contributed by atoms with E-state index >= 15 is 0 Å². The molecule has 2 saturated heterocycles. The van der Waals surface area contributed by atoms with Crippen LogP contribution in [0.25, 0.3) is 0 Å². The summed E-state index contributed by atoms with van der Waals surface area (Å²) in [6.45, 7) is 5.43. The fraction of sp³-hybridized carbons (Fsp3) is 0.714. The zero-order valence-corrected chi connectivity index (χ0v) is 15.5. The molecule has 0 saturated carbocycles. The third-order valence-electron chi connectivity index (χ3n) is 4.94.